The van der Waals surface area contributed by atoms with Gasteiger partial charge in [0.2, 0.25) is 5.91 Å². The van der Waals surface area contributed by atoms with Crippen LogP contribution < -0.4 is 5.73 Å². The molecule has 104 valence electrons. The fourth-order valence-corrected chi connectivity index (χ4v) is 2.51. The Hall–Kier alpha value is -1.44. The largest absolute Gasteiger partial charge is 0.369 e. The Bertz CT molecular complexity index is 611. The third-order valence-corrected chi connectivity index (χ3v) is 4.48. The fourth-order valence-electron chi connectivity index (χ4n) is 2.10. The third-order valence-electron chi connectivity index (χ3n) is 3.27. The minimum absolute atomic E-state index is 0.168. The molecule has 2 unspecified atom stereocenters. The van der Waals surface area contributed by atoms with Crippen molar-refractivity contribution in [2.75, 3.05) is 0 Å². The molecule has 6 nitrogen and oxygen atoms in total. The van der Waals surface area contributed by atoms with Gasteiger partial charge in [0, 0.05) is 5.56 Å². The molecule has 0 saturated heterocycles. The number of carbonyl (C=O) groups excluding carboxylic acids is 1. The van der Waals surface area contributed by atoms with Crippen molar-refractivity contribution in [2.45, 2.75) is 31.3 Å². The molecule has 1 aromatic carbocycles. The standard InChI is InChI=1S/C12H15NO5S/c1-7(19(15,16)17)4-11-10-3-2-8(12(13)14)5-9(10)6-18-11/h2-3,5,7,11H,4,6H2,1H3,(H2,13,14)(H,15,16,17). The SMILES string of the molecule is CC(CC1OCc2cc(C(N)=O)ccc21)S(=O)(=O)O. The summed E-state index contributed by atoms with van der Waals surface area (Å²) in [5, 5.41) is -0.903. The van der Waals surface area contributed by atoms with Crippen molar-refractivity contribution in [2.24, 2.45) is 5.73 Å². The molecule has 1 amide bonds. The maximum Gasteiger partial charge on any atom is 0.267 e. The smallest absolute Gasteiger partial charge is 0.267 e. The molecule has 0 aromatic heterocycles. The first-order valence-electron chi connectivity index (χ1n) is 5.79. The highest BCUT2D eigenvalue weighted by Gasteiger charge is 2.29. The minimum Gasteiger partial charge on any atom is -0.369 e. The predicted molar refractivity (Wildman–Crippen MR) is 68.1 cm³/mol. The molecule has 1 aliphatic rings. The average Bonchev–Trinajstić information content (AvgIpc) is 2.70. The van der Waals surface area contributed by atoms with Crippen molar-refractivity contribution < 1.29 is 22.5 Å². The predicted octanol–water partition coefficient (Wildman–Crippen LogP) is 1.02. The number of primary amides is 1. The van der Waals surface area contributed by atoms with Crippen molar-refractivity contribution in [1.82, 2.24) is 0 Å². The molecule has 0 radical (unpaired) electrons. The lowest BCUT2D eigenvalue weighted by Crippen LogP contribution is -2.19. The number of fused-ring (bicyclic) bond motifs is 1. The summed E-state index contributed by atoms with van der Waals surface area (Å²) in [6.07, 6.45) is -0.226. The first kappa shape index (κ1) is 14.0. The van der Waals surface area contributed by atoms with Crippen LogP contribution in [0, 0.1) is 0 Å². The van der Waals surface area contributed by atoms with Crippen LogP contribution in [0.15, 0.2) is 18.2 Å². The number of amides is 1. The molecule has 1 aromatic rings. The number of hydrogen-bond acceptors (Lipinski definition) is 4. The van der Waals surface area contributed by atoms with E-state index in [0.717, 1.165) is 11.1 Å². The van der Waals surface area contributed by atoms with Gasteiger partial charge in [-0.05, 0) is 36.6 Å². The van der Waals surface area contributed by atoms with Gasteiger partial charge in [-0.25, -0.2) is 0 Å². The summed E-state index contributed by atoms with van der Waals surface area (Å²) in [5.74, 6) is -0.516. The van der Waals surface area contributed by atoms with E-state index >= 15 is 0 Å². The summed E-state index contributed by atoms with van der Waals surface area (Å²) in [4.78, 5) is 11.1. The second kappa shape index (κ2) is 4.92. The number of ether oxygens (including phenoxy) is 1. The molecular formula is C12H15NO5S. The van der Waals surface area contributed by atoms with E-state index in [1.807, 2.05) is 0 Å². The number of carbonyl (C=O) groups is 1. The molecule has 1 aliphatic heterocycles. The zero-order valence-electron chi connectivity index (χ0n) is 10.4. The molecule has 2 atom stereocenters. The van der Waals surface area contributed by atoms with E-state index in [1.54, 1.807) is 18.2 Å². The quantitative estimate of drug-likeness (QED) is 0.803. The zero-order chi connectivity index (χ0) is 14.2. The van der Waals surface area contributed by atoms with E-state index in [9.17, 15) is 13.2 Å². The molecule has 7 heteroatoms. The molecule has 0 saturated carbocycles. The van der Waals surface area contributed by atoms with E-state index in [-0.39, 0.29) is 6.42 Å². The van der Waals surface area contributed by atoms with Gasteiger partial charge < -0.3 is 10.5 Å². The topological polar surface area (TPSA) is 107 Å². The van der Waals surface area contributed by atoms with E-state index < -0.39 is 27.4 Å². The summed E-state index contributed by atoms with van der Waals surface area (Å²) in [6, 6.07) is 4.94. The lowest BCUT2D eigenvalue weighted by molar-refractivity contribution is 0.0597. The Morgan fingerprint density at radius 3 is 2.84 bits per heavy atom. The highest BCUT2D eigenvalue weighted by Crippen LogP contribution is 2.35. The van der Waals surface area contributed by atoms with Gasteiger partial charge in [0.1, 0.15) is 0 Å². The molecule has 19 heavy (non-hydrogen) atoms. The van der Waals surface area contributed by atoms with Crippen LogP contribution in [-0.4, -0.2) is 24.1 Å². The van der Waals surface area contributed by atoms with Crippen LogP contribution in [0.1, 0.15) is 40.9 Å². The Morgan fingerprint density at radius 1 is 1.58 bits per heavy atom. The van der Waals surface area contributed by atoms with E-state index in [4.69, 9.17) is 15.0 Å². The minimum atomic E-state index is -4.07. The average molecular weight is 285 g/mol. The lowest BCUT2D eigenvalue weighted by Gasteiger charge is -2.14. The van der Waals surface area contributed by atoms with Gasteiger partial charge in [-0.3, -0.25) is 9.35 Å². The summed E-state index contributed by atoms with van der Waals surface area (Å²) in [5.41, 5.74) is 7.24. The third kappa shape index (κ3) is 2.94. The van der Waals surface area contributed by atoms with Gasteiger partial charge in [-0.1, -0.05) is 6.07 Å². The van der Waals surface area contributed by atoms with Gasteiger partial charge >= 0.3 is 0 Å². The Balaban J connectivity index is 2.21. The number of rotatable bonds is 4. The molecule has 1 heterocycles. The summed E-state index contributed by atoms with van der Waals surface area (Å²) in [7, 11) is -4.07. The lowest BCUT2D eigenvalue weighted by atomic mass is 10.00. The van der Waals surface area contributed by atoms with Gasteiger partial charge in [0.05, 0.1) is 18.0 Å². The van der Waals surface area contributed by atoms with Crippen LogP contribution >= 0.6 is 0 Å². The summed E-state index contributed by atoms with van der Waals surface area (Å²) < 4.78 is 36.5. The van der Waals surface area contributed by atoms with E-state index in [1.165, 1.54) is 6.92 Å². The molecule has 0 spiro atoms. The van der Waals surface area contributed by atoms with E-state index in [2.05, 4.69) is 0 Å². The Labute approximate surface area is 111 Å². The molecular weight excluding hydrogens is 270 g/mol. The normalized spacial score (nSPS) is 20.0. The number of hydrogen-bond donors (Lipinski definition) is 2. The first-order chi connectivity index (χ1) is 8.79. The molecule has 0 bridgehead atoms. The second-order valence-corrected chi connectivity index (χ2v) is 6.47. The maximum absolute atomic E-state index is 11.1. The first-order valence-corrected chi connectivity index (χ1v) is 7.30. The summed E-state index contributed by atoms with van der Waals surface area (Å²) >= 11 is 0. The second-order valence-electron chi connectivity index (χ2n) is 4.64. The number of benzene rings is 1. The van der Waals surface area contributed by atoms with Gasteiger partial charge in [0.15, 0.2) is 0 Å². The van der Waals surface area contributed by atoms with Gasteiger partial charge in [-0.2, -0.15) is 8.42 Å². The highest BCUT2D eigenvalue weighted by atomic mass is 32.2. The summed E-state index contributed by atoms with van der Waals surface area (Å²) in [6.45, 7) is 1.73. The molecule has 0 aliphatic carbocycles. The van der Waals surface area contributed by atoms with Crippen LogP contribution in [0.3, 0.4) is 0 Å². The monoisotopic (exact) mass is 285 g/mol. The van der Waals surface area contributed by atoms with E-state index in [0.29, 0.717) is 12.2 Å². The van der Waals surface area contributed by atoms with Crippen molar-refractivity contribution in [3.05, 3.63) is 34.9 Å². The fraction of sp³-hybridized carbons (Fsp3) is 0.417. The molecule has 0 fully saturated rings. The van der Waals surface area contributed by atoms with Crippen LogP contribution in [0.25, 0.3) is 0 Å². The Morgan fingerprint density at radius 2 is 2.26 bits per heavy atom. The molecule has 2 rings (SSSR count). The molecule has 3 N–H and O–H groups in total. The van der Waals surface area contributed by atoms with Crippen molar-refractivity contribution in [3.63, 3.8) is 0 Å². The van der Waals surface area contributed by atoms with Crippen LogP contribution in [0.5, 0.6) is 0 Å². The highest BCUT2D eigenvalue weighted by molar-refractivity contribution is 7.86. The van der Waals surface area contributed by atoms with Crippen LogP contribution in [-0.2, 0) is 21.5 Å². The number of nitrogens with two attached hydrogens (primary N) is 1. The van der Waals surface area contributed by atoms with Crippen molar-refractivity contribution >= 4 is 16.0 Å². The maximum atomic E-state index is 11.1. The van der Waals surface area contributed by atoms with Gasteiger partial charge in [-0.15, -0.1) is 0 Å². The van der Waals surface area contributed by atoms with Crippen molar-refractivity contribution in [1.29, 1.82) is 0 Å². The van der Waals surface area contributed by atoms with Crippen LogP contribution in [0.2, 0.25) is 0 Å². The zero-order valence-corrected chi connectivity index (χ0v) is 11.2. The Kier molecular flexibility index (Phi) is 3.62. The van der Waals surface area contributed by atoms with Crippen molar-refractivity contribution in [3.8, 4) is 0 Å². The van der Waals surface area contributed by atoms with Crippen LogP contribution in [0.4, 0.5) is 0 Å². The van der Waals surface area contributed by atoms with Gasteiger partial charge in [0.25, 0.3) is 10.1 Å².